The van der Waals surface area contributed by atoms with Crippen molar-refractivity contribution in [3.63, 3.8) is 0 Å². The highest BCUT2D eigenvalue weighted by Crippen LogP contribution is 2.18. The maximum Gasteiger partial charge on any atom is 0.319 e. The van der Waals surface area contributed by atoms with Gasteiger partial charge in [0.25, 0.3) is 0 Å². The lowest BCUT2D eigenvalue weighted by Crippen LogP contribution is -2.28. The quantitative estimate of drug-likeness (QED) is 0.545. The van der Waals surface area contributed by atoms with Crippen molar-refractivity contribution in [1.82, 2.24) is 5.32 Å². The molecule has 5 nitrogen and oxygen atoms in total. The van der Waals surface area contributed by atoms with Gasteiger partial charge in [-0.1, -0.05) is 30.3 Å². The van der Waals surface area contributed by atoms with Gasteiger partial charge in [0.05, 0.1) is 6.61 Å². The van der Waals surface area contributed by atoms with Gasteiger partial charge in [-0.25, -0.2) is 4.79 Å². The number of carbonyl (C=O) groups is 1. The molecule has 0 heterocycles. The molecule has 0 saturated carbocycles. The van der Waals surface area contributed by atoms with E-state index in [1.165, 1.54) is 0 Å². The summed E-state index contributed by atoms with van der Waals surface area (Å²) in [6, 6.07) is 24.9. The number of para-hydroxylation sites is 1. The fourth-order valence-electron chi connectivity index (χ4n) is 2.55. The Bertz CT molecular complexity index is 847. The summed E-state index contributed by atoms with van der Waals surface area (Å²) >= 11 is 0. The summed E-state index contributed by atoms with van der Waals surface area (Å²) < 4.78 is 5.41. The maximum absolute atomic E-state index is 12.1. The van der Waals surface area contributed by atoms with Crippen LogP contribution < -0.4 is 20.7 Å². The lowest BCUT2D eigenvalue weighted by Gasteiger charge is -2.10. The molecule has 3 rings (SSSR count). The van der Waals surface area contributed by atoms with Gasteiger partial charge in [0.1, 0.15) is 5.75 Å². The molecular formula is C22H23N3O2. The smallest absolute Gasteiger partial charge is 0.319 e. The van der Waals surface area contributed by atoms with Gasteiger partial charge < -0.3 is 20.7 Å². The van der Waals surface area contributed by atoms with E-state index in [0.29, 0.717) is 13.2 Å². The molecule has 3 aromatic rings. The molecule has 0 unspecified atom stereocenters. The van der Waals surface area contributed by atoms with Gasteiger partial charge in [0, 0.05) is 23.6 Å². The number of anilines is 3. The first-order chi connectivity index (χ1) is 13.2. The molecule has 0 radical (unpaired) electrons. The SMILES string of the molecule is CCOc1ccc(CNC(=O)Nc2ccc(Nc3ccccc3)cc2)cc1. The summed E-state index contributed by atoms with van der Waals surface area (Å²) in [5.74, 6) is 0.829. The minimum Gasteiger partial charge on any atom is -0.494 e. The molecule has 0 spiro atoms. The standard InChI is InChI=1S/C22H23N3O2/c1-2-27-21-14-8-17(9-15-21)16-23-22(26)25-20-12-10-19(11-13-20)24-18-6-4-3-5-7-18/h3-15,24H,2,16H2,1H3,(H2,23,25,26). The molecule has 0 aliphatic heterocycles. The van der Waals surface area contributed by atoms with E-state index in [1.807, 2.05) is 85.8 Å². The maximum atomic E-state index is 12.1. The van der Waals surface area contributed by atoms with E-state index >= 15 is 0 Å². The number of ether oxygens (including phenoxy) is 1. The molecule has 3 N–H and O–H groups in total. The molecule has 0 bridgehead atoms. The number of nitrogens with one attached hydrogen (secondary N) is 3. The Morgan fingerprint density at radius 3 is 2.11 bits per heavy atom. The van der Waals surface area contributed by atoms with Crippen molar-refractivity contribution in [2.75, 3.05) is 17.2 Å². The highest BCUT2D eigenvalue weighted by Gasteiger charge is 2.03. The Balaban J connectivity index is 1.47. The number of amides is 2. The summed E-state index contributed by atoms with van der Waals surface area (Å²) in [4.78, 5) is 12.1. The average molecular weight is 361 g/mol. The zero-order chi connectivity index (χ0) is 18.9. The normalized spacial score (nSPS) is 10.1. The van der Waals surface area contributed by atoms with Crippen LogP contribution in [0.1, 0.15) is 12.5 Å². The van der Waals surface area contributed by atoms with Crippen molar-refractivity contribution in [3.05, 3.63) is 84.4 Å². The van der Waals surface area contributed by atoms with Crippen molar-refractivity contribution in [3.8, 4) is 5.75 Å². The fraction of sp³-hybridized carbons (Fsp3) is 0.136. The van der Waals surface area contributed by atoms with Crippen molar-refractivity contribution in [2.45, 2.75) is 13.5 Å². The first kappa shape index (κ1) is 18.3. The predicted octanol–water partition coefficient (Wildman–Crippen LogP) is 5.15. The second kappa shape index (κ2) is 9.29. The van der Waals surface area contributed by atoms with Crippen LogP contribution in [-0.4, -0.2) is 12.6 Å². The molecule has 5 heteroatoms. The molecule has 0 aliphatic rings. The Kier molecular flexibility index (Phi) is 6.30. The monoisotopic (exact) mass is 361 g/mol. The summed E-state index contributed by atoms with van der Waals surface area (Å²) in [5, 5.41) is 8.99. The number of hydrogen-bond acceptors (Lipinski definition) is 3. The molecule has 0 saturated heterocycles. The topological polar surface area (TPSA) is 62.4 Å². The van der Waals surface area contributed by atoms with Crippen LogP contribution in [0.2, 0.25) is 0 Å². The van der Waals surface area contributed by atoms with E-state index in [9.17, 15) is 4.79 Å². The zero-order valence-corrected chi connectivity index (χ0v) is 15.2. The van der Waals surface area contributed by atoms with Gasteiger partial charge in [-0.3, -0.25) is 0 Å². The molecule has 2 amide bonds. The van der Waals surface area contributed by atoms with E-state index in [2.05, 4.69) is 16.0 Å². The number of benzene rings is 3. The third-order valence-corrected chi connectivity index (χ3v) is 3.89. The first-order valence-corrected chi connectivity index (χ1v) is 8.91. The van der Waals surface area contributed by atoms with Crippen LogP contribution in [0.25, 0.3) is 0 Å². The Morgan fingerprint density at radius 2 is 1.44 bits per heavy atom. The molecule has 0 fully saturated rings. The number of carbonyl (C=O) groups excluding carboxylic acids is 1. The van der Waals surface area contributed by atoms with Crippen LogP contribution >= 0.6 is 0 Å². The molecule has 0 aromatic heterocycles. The molecule has 27 heavy (non-hydrogen) atoms. The van der Waals surface area contributed by atoms with E-state index in [4.69, 9.17) is 4.74 Å². The number of hydrogen-bond donors (Lipinski definition) is 3. The van der Waals surface area contributed by atoms with E-state index < -0.39 is 0 Å². The first-order valence-electron chi connectivity index (χ1n) is 8.91. The van der Waals surface area contributed by atoms with Gasteiger partial charge in [-0.05, 0) is 61.0 Å². The van der Waals surface area contributed by atoms with Crippen LogP contribution in [0.4, 0.5) is 21.9 Å². The molecule has 138 valence electrons. The lowest BCUT2D eigenvalue weighted by atomic mass is 10.2. The van der Waals surface area contributed by atoms with Gasteiger partial charge in [0.15, 0.2) is 0 Å². The molecular weight excluding hydrogens is 338 g/mol. The Hall–Kier alpha value is -3.47. The molecule has 0 atom stereocenters. The number of urea groups is 1. The van der Waals surface area contributed by atoms with Gasteiger partial charge in [0.2, 0.25) is 0 Å². The molecule has 3 aromatic carbocycles. The third-order valence-electron chi connectivity index (χ3n) is 3.89. The highest BCUT2D eigenvalue weighted by molar-refractivity contribution is 5.89. The van der Waals surface area contributed by atoms with Crippen LogP contribution in [-0.2, 0) is 6.54 Å². The second-order valence-corrected chi connectivity index (χ2v) is 5.95. The Labute approximate surface area is 159 Å². The van der Waals surface area contributed by atoms with Crippen molar-refractivity contribution in [1.29, 1.82) is 0 Å². The summed E-state index contributed by atoms with van der Waals surface area (Å²) in [6.07, 6.45) is 0. The van der Waals surface area contributed by atoms with Crippen molar-refractivity contribution >= 4 is 23.1 Å². The number of rotatable bonds is 7. The Morgan fingerprint density at radius 1 is 0.815 bits per heavy atom. The zero-order valence-electron chi connectivity index (χ0n) is 15.2. The van der Waals surface area contributed by atoms with Gasteiger partial charge in [-0.15, -0.1) is 0 Å². The van der Waals surface area contributed by atoms with Crippen LogP contribution in [0.3, 0.4) is 0 Å². The van der Waals surface area contributed by atoms with Gasteiger partial charge in [-0.2, -0.15) is 0 Å². The van der Waals surface area contributed by atoms with Gasteiger partial charge >= 0.3 is 6.03 Å². The van der Waals surface area contributed by atoms with Crippen LogP contribution in [0.15, 0.2) is 78.9 Å². The third kappa shape index (κ3) is 5.78. The largest absolute Gasteiger partial charge is 0.494 e. The van der Waals surface area contributed by atoms with E-state index in [1.54, 1.807) is 0 Å². The minimum absolute atomic E-state index is 0.243. The van der Waals surface area contributed by atoms with Crippen LogP contribution in [0, 0.1) is 0 Å². The van der Waals surface area contributed by atoms with Crippen molar-refractivity contribution in [2.24, 2.45) is 0 Å². The fourth-order valence-corrected chi connectivity index (χ4v) is 2.55. The van der Waals surface area contributed by atoms with E-state index in [-0.39, 0.29) is 6.03 Å². The summed E-state index contributed by atoms with van der Waals surface area (Å²) in [6.45, 7) is 3.04. The predicted molar refractivity (Wildman–Crippen MR) is 110 cm³/mol. The highest BCUT2D eigenvalue weighted by atomic mass is 16.5. The minimum atomic E-state index is -0.243. The second-order valence-electron chi connectivity index (χ2n) is 5.95. The van der Waals surface area contributed by atoms with Crippen LogP contribution in [0.5, 0.6) is 5.75 Å². The average Bonchev–Trinajstić information content (AvgIpc) is 2.70. The summed E-state index contributed by atoms with van der Waals surface area (Å²) in [5.41, 5.74) is 3.72. The summed E-state index contributed by atoms with van der Waals surface area (Å²) in [7, 11) is 0. The molecule has 0 aliphatic carbocycles. The lowest BCUT2D eigenvalue weighted by molar-refractivity contribution is 0.251. The van der Waals surface area contributed by atoms with Crippen molar-refractivity contribution < 1.29 is 9.53 Å². The van der Waals surface area contributed by atoms with E-state index in [0.717, 1.165) is 28.4 Å².